The number of allylic oxidation sites excluding steroid dienone is 2. The summed E-state index contributed by atoms with van der Waals surface area (Å²) in [5, 5.41) is 76.1. The summed E-state index contributed by atoms with van der Waals surface area (Å²) in [6.45, 7) is 3.48. The number of nitrogens with one attached hydrogen (secondary N) is 1. The maximum absolute atomic E-state index is 13.2. The van der Waals surface area contributed by atoms with Gasteiger partial charge in [-0.05, 0) is 38.5 Å². The lowest BCUT2D eigenvalue weighted by atomic mass is 9.98. The van der Waals surface area contributed by atoms with Crippen LogP contribution in [0.5, 0.6) is 0 Å². The third-order valence-electron chi connectivity index (χ3n) is 15.1. The van der Waals surface area contributed by atoms with Crippen LogP contribution in [0.25, 0.3) is 0 Å². The lowest BCUT2D eigenvalue weighted by molar-refractivity contribution is -0.303. The Morgan fingerprint density at radius 3 is 1.18 bits per heavy atom. The van der Waals surface area contributed by atoms with Crippen molar-refractivity contribution in [1.82, 2.24) is 5.32 Å². The maximum Gasteiger partial charge on any atom is 0.249 e. The summed E-state index contributed by atoms with van der Waals surface area (Å²) >= 11 is 0. The predicted molar refractivity (Wildman–Crippen MR) is 293 cm³/mol. The Hall–Kier alpha value is -1.15. The molecule has 8 N–H and O–H groups in total. The Balaban J connectivity index is 2.21. The van der Waals surface area contributed by atoms with Crippen molar-refractivity contribution >= 4 is 5.91 Å². The van der Waals surface area contributed by atoms with Crippen LogP contribution in [0.3, 0.4) is 0 Å². The minimum Gasteiger partial charge on any atom is -0.394 e. The number of carbonyl (C=O) groups is 1. The van der Waals surface area contributed by atoms with Crippen LogP contribution in [0.4, 0.5) is 0 Å². The fourth-order valence-corrected chi connectivity index (χ4v) is 10.1. The van der Waals surface area contributed by atoms with Crippen molar-refractivity contribution in [1.29, 1.82) is 0 Å². The van der Waals surface area contributed by atoms with E-state index in [0.29, 0.717) is 19.3 Å². The molecule has 11 heteroatoms. The summed E-state index contributed by atoms with van der Waals surface area (Å²) in [5.41, 5.74) is 0. The molecule has 0 aromatic rings. The van der Waals surface area contributed by atoms with Crippen LogP contribution in [-0.2, 0) is 14.3 Å². The van der Waals surface area contributed by atoms with E-state index in [1.807, 2.05) is 0 Å². The van der Waals surface area contributed by atoms with E-state index < -0.39 is 74.2 Å². The summed E-state index contributed by atoms with van der Waals surface area (Å²) in [6.07, 6.45) is 47.1. The van der Waals surface area contributed by atoms with Crippen LogP contribution in [0, 0.1) is 0 Å². The monoisotopic (exact) mass is 1010 g/mol. The largest absolute Gasteiger partial charge is 0.394 e. The highest BCUT2D eigenvalue weighted by Gasteiger charge is 2.44. The molecule has 9 unspecified atom stereocenters. The third kappa shape index (κ3) is 38.1. The molecule has 0 bridgehead atoms. The molecule has 0 saturated carbocycles. The topological polar surface area (TPSA) is 189 Å². The number of aliphatic hydroxyl groups is 7. The van der Waals surface area contributed by atoms with Gasteiger partial charge in [0.15, 0.2) is 6.29 Å². The van der Waals surface area contributed by atoms with Crippen LogP contribution >= 0.6 is 0 Å². The molecule has 1 fully saturated rings. The second-order valence-corrected chi connectivity index (χ2v) is 21.8. The average Bonchev–Trinajstić information content (AvgIpc) is 3.37. The minimum absolute atomic E-state index is 0.264. The highest BCUT2D eigenvalue weighted by molar-refractivity contribution is 5.80. The molecule has 0 aliphatic carbocycles. The second kappa shape index (κ2) is 49.7. The van der Waals surface area contributed by atoms with Crippen molar-refractivity contribution in [2.45, 2.75) is 351 Å². The number of aliphatic hydroxyl groups excluding tert-OH is 7. The van der Waals surface area contributed by atoms with Crippen molar-refractivity contribution < 1.29 is 50.0 Å². The molecule has 1 heterocycles. The Bertz CT molecular complexity index is 1160. The highest BCUT2D eigenvalue weighted by Crippen LogP contribution is 2.24. The number of amides is 1. The molecule has 422 valence electrons. The van der Waals surface area contributed by atoms with Crippen molar-refractivity contribution in [2.24, 2.45) is 0 Å². The van der Waals surface area contributed by atoms with Crippen molar-refractivity contribution in [3.05, 3.63) is 12.2 Å². The molecule has 1 aliphatic heterocycles. The smallest absolute Gasteiger partial charge is 0.249 e. The fraction of sp³-hybridized carbons (Fsp3) is 0.950. The van der Waals surface area contributed by atoms with Crippen LogP contribution in [-0.4, -0.2) is 110 Å². The Labute approximate surface area is 436 Å². The molecule has 1 rings (SSSR count). The second-order valence-electron chi connectivity index (χ2n) is 21.8. The van der Waals surface area contributed by atoms with Crippen LogP contribution in [0.2, 0.25) is 0 Å². The zero-order valence-corrected chi connectivity index (χ0v) is 46.2. The first-order valence-electron chi connectivity index (χ1n) is 30.6. The SMILES string of the molecule is CCCCCCCCCCCCCC/C=C\CCCCCCCCCCCCCCCCC(O)C(=O)NC(COC1OC(CO)C(O)C(O)C1O)C(O)C(O)CCCCCCCCCCCCCCCC. The minimum atomic E-state index is -1.66. The first kappa shape index (κ1) is 67.9. The quantitative estimate of drug-likeness (QED) is 0.0215. The van der Waals surface area contributed by atoms with Gasteiger partial charge in [0, 0.05) is 0 Å². The number of carbonyl (C=O) groups excluding carboxylic acids is 1. The van der Waals surface area contributed by atoms with E-state index in [-0.39, 0.29) is 6.42 Å². The summed E-state index contributed by atoms with van der Waals surface area (Å²) in [6, 6.07) is -1.16. The first-order chi connectivity index (χ1) is 34.7. The van der Waals surface area contributed by atoms with Gasteiger partial charge in [0.1, 0.15) is 36.6 Å². The normalized spacial score (nSPS) is 20.2. The molecule has 11 nitrogen and oxygen atoms in total. The van der Waals surface area contributed by atoms with Gasteiger partial charge in [-0.2, -0.15) is 0 Å². The van der Waals surface area contributed by atoms with E-state index in [1.54, 1.807) is 0 Å². The van der Waals surface area contributed by atoms with E-state index in [9.17, 15) is 40.5 Å². The molecule has 0 aromatic carbocycles. The molecule has 0 aromatic heterocycles. The van der Waals surface area contributed by atoms with Crippen molar-refractivity contribution in [2.75, 3.05) is 13.2 Å². The van der Waals surface area contributed by atoms with Gasteiger partial charge in [0.2, 0.25) is 5.91 Å². The van der Waals surface area contributed by atoms with Gasteiger partial charge in [0.05, 0.1) is 25.4 Å². The Morgan fingerprint density at radius 1 is 0.479 bits per heavy atom. The fourth-order valence-electron chi connectivity index (χ4n) is 10.1. The Morgan fingerprint density at radius 2 is 0.817 bits per heavy atom. The average molecular weight is 1010 g/mol. The molecule has 1 amide bonds. The number of hydrogen-bond donors (Lipinski definition) is 8. The van der Waals surface area contributed by atoms with E-state index in [0.717, 1.165) is 38.5 Å². The van der Waals surface area contributed by atoms with Gasteiger partial charge in [-0.3, -0.25) is 4.79 Å². The maximum atomic E-state index is 13.2. The van der Waals surface area contributed by atoms with Gasteiger partial charge < -0.3 is 50.5 Å². The molecular formula is C60H117NO10. The zero-order chi connectivity index (χ0) is 51.8. The molecule has 71 heavy (non-hydrogen) atoms. The molecule has 9 atom stereocenters. The van der Waals surface area contributed by atoms with E-state index in [2.05, 4.69) is 31.3 Å². The third-order valence-corrected chi connectivity index (χ3v) is 15.1. The van der Waals surface area contributed by atoms with Gasteiger partial charge >= 0.3 is 0 Å². The van der Waals surface area contributed by atoms with Crippen LogP contribution < -0.4 is 5.32 Å². The highest BCUT2D eigenvalue weighted by atomic mass is 16.7. The van der Waals surface area contributed by atoms with Crippen LogP contribution in [0.15, 0.2) is 12.2 Å². The number of ether oxygens (including phenoxy) is 2. The lowest BCUT2D eigenvalue weighted by Crippen LogP contribution is -2.60. The predicted octanol–water partition coefficient (Wildman–Crippen LogP) is 13.1. The summed E-state index contributed by atoms with van der Waals surface area (Å²) in [4.78, 5) is 13.2. The molecule has 0 spiro atoms. The zero-order valence-electron chi connectivity index (χ0n) is 46.2. The number of hydrogen-bond acceptors (Lipinski definition) is 10. The van der Waals surface area contributed by atoms with Gasteiger partial charge in [-0.15, -0.1) is 0 Å². The Kier molecular flexibility index (Phi) is 47.5. The van der Waals surface area contributed by atoms with Crippen molar-refractivity contribution in [3.63, 3.8) is 0 Å². The summed E-state index contributed by atoms with van der Waals surface area (Å²) in [5.74, 6) is -0.692. The number of rotatable bonds is 53. The van der Waals surface area contributed by atoms with Crippen LogP contribution in [0.1, 0.15) is 296 Å². The molecule has 1 saturated heterocycles. The van der Waals surface area contributed by atoms with E-state index in [1.165, 1.54) is 218 Å². The standard InChI is InChI=1S/C60H117NO10/c1-3-5-7-9-11-13-15-17-19-20-21-22-23-24-25-26-27-28-29-30-31-32-33-34-36-38-40-42-44-46-48-53(64)59(69)61-51(50-70-60-58(68)57(67)56(66)54(49-62)71-60)55(65)52(63)47-45-43-41-39-37-35-18-16-14-12-10-8-6-4-2/h24-25,51-58,60,62-68H,3-23,26-50H2,1-2H3,(H,61,69)/b25-24-. The lowest BCUT2D eigenvalue weighted by Gasteiger charge is -2.40. The molecule has 0 radical (unpaired) electrons. The van der Waals surface area contributed by atoms with Gasteiger partial charge in [0.25, 0.3) is 0 Å². The molecular weight excluding hydrogens is 895 g/mol. The first-order valence-corrected chi connectivity index (χ1v) is 30.6. The summed E-state index contributed by atoms with van der Waals surface area (Å²) in [7, 11) is 0. The van der Waals surface area contributed by atoms with E-state index >= 15 is 0 Å². The van der Waals surface area contributed by atoms with Gasteiger partial charge in [-0.25, -0.2) is 0 Å². The summed E-state index contributed by atoms with van der Waals surface area (Å²) < 4.78 is 11.1. The number of unbranched alkanes of at least 4 members (excludes halogenated alkanes) is 39. The molecule has 1 aliphatic rings. The van der Waals surface area contributed by atoms with E-state index in [4.69, 9.17) is 9.47 Å². The van der Waals surface area contributed by atoms with Gasteiger partial charge in [-0.1, -0.05) is 270 Å². The van der Waals surface area contributed by atoms with Crippen molar-refractivity contribution in [3.8, 4) is 0 Å².